The Labute approximate surface area is 228 Å². The molecule has 2 rings (SSSR count). The lowest BCUT2D eigenvalue weighted by molar-refractivity contribution is -0.122. The van der Waals surface area contributed by atoms with E-state index < -0.39 is 25.3 Å². The monoisotopic (exact) mass is 594 g/mol. The average molecular weight is 595 g/mol. The van der Waals surface area contributed by atoms with Crippen LogP contribution in [-0.2, 0) is 42.9 Å². The van der Waals surface area contributed by atoms with E-state index in [4.69, 9.17) is 9.11 Å². The summed E-state index contributed by atoms with van der Waals surface area (Å²) in [5.74, 6) is -0.394. The van der Waals surface area contributed by atoms with Gasteiger partial charge in [-0.05, 0) is 48.2 Å². The van der Waals surface area contributed by atoms with Gasteiger partial charge in [0.25, 0.3) is 20.2 Å². The summed E-state index contributed by atoms with van der Waals surface area (Å²) in [5.41, 5.74) is 1.84. The molecule has 0 saturated heterocycles. The number of hydrogen-bond donors (Lipinski definition) is 4. The van der Waals surface area contributed by atoms with Crippen LogP contribution in [0.2, 0.25) is 0 Å². The summed E-state index contributed by atoms with van der Waals surface area (Å²) in [5, 5.41) is 3.93. The molecule has 0 saturated carbocycles. The molecule has 0 aliphatic rings. The van der Waals surface area contributed by atoms with Crippen LogP contribution >= 0.6 is 0 Å². The number of rotatable bonds is 12. The van der Waals surface area contributed by atoms with Crippen LogP contribution in [0.1, 0.15) is 63.5 Å². The van der Waals surface area contributed by atoms with Gasteiger partial charge in [-0.2, -0.15) is 16.8 Å². The van der Waals surface area contributed by atoms with Crippen molar-refractivity contribution in [3.8, 4) is 0 Å². The SMILES string of the molecule is CCCCC(=O)NCc1ccc(F)cc1.CCCCC(=O)NCc1ccc(F)cc1.O=S(=O)(O)CS(=O)(=O)O. The van der Waals surface area contributed by atoms with E-state index in [1.807, 2.05) is 13.8 Å². The standard InChI is InChI=1S/2C12H16FNO.CH4O6S2/c2*1-2-3-4-12(15)14-9-10-5-7-11(13)8-6-10;2-8(3,4)1-9(5,6)7/h2*5-8H,2-4,9H2,1H3,(H,14,15);1H2,(H,2,3,4)(H,5,6,7). The highest BCUT2D eigenvalue weighted by molar-refractivity contribution is 8.02. The summed E-state index contributed by atoms with van der Waals surface area (Å²) in [7, 11) is -9.24. The van der Waals surface area contributed by atoms with Crippen molar-refractivity contribution in [2.45, 2.75) is 65.5 Å². The van der Waals surface area contributed by atoms with Crippen LogP contribution in [0, 0.1) is 11.6 Å². The Morgan fingerprint density at radius 1 is 0.667 bits per heavy atom. The highest BCUT2D eigenvalue weighted by Crippen LogP contribution is 2.04. The molecule has 0 atom stereocenters. The first kappa shape index (κ1) is 36.1. The van der Waals surface area contributed by atoms with Crippen molar-refractivity contribution in [1.29, 1.82) is 0 Å². The topological polar surface area (TPSA) is 167 Å². The fourth-order valence-electron chi connectivity index (χ4n) is 2.65. The molecule has 10 nitrogen and oxygen atoms in total. The minimum atomic E-state index is -4.62. The summed E-state index contributed by atoms with van der Waals surface area (Å²) in [6.07, 6.45) is 4.99. The summed E-state index contributed by atoms with van der Waals surface area (Å²) >= 11 is 0. The molecule has 0 aliphatic carbocycles. The van der Waals surface area contributed by atoms with Crippen molar-refractivity contribution in [2.75, 3.05) is 5.08 Å². The van der Waals surface area contributed by atoms with Gasteiger partial charge in [0.05, 0.1) is 0 Å². The Balaban J connectivity index is 0.000000576. The number of unbranched alkanes of at least 4 members (excludes halogenated alkanes) is 2. The van der Waals surface area contributed by atoms with Crippen LogP contribution in [0.15, 0.2) is 48.5 Å². The molecule has 0 spiro atoms. The van der Waals surface area contributed by atoms with Gasteiger partial charge in [0.1, 0.15) is 11.6 Å². The largest absolute Gasteiger partial charge is 0.352 e. The molecule has 0 unspecified atom stereocenters. The molecule has 0 aromatic heterocycles. The smallest absolute Gasteiger partial charge is 0.281 e. The Hall–Kier alpha value is -2.94. The summed E-state index contributed by atoms with van der Waals surface area (Å²) in [4.78, 5) is 22.5. The van der Waals surface area contributed by atoms with E-state index in [1.54, 1.807) is 24.3 Å². The van der Waals surface area contributed by atoms with Crippen molar-refractivity contribution in [2.24, 2.45) is 0 Å². The van der Waals surface area contributed by atoms with Crippen LogP contribution < -0.4 is 10.6 Å². The maximum absolute atomic E-state index is 12.6. The second-order valence-corrected chi connectivity index (χ2v) is 11.6. The van der Waals surface area contributed by atoms with Gasteiger partial charge in [-0.15, -0.1) is 0 Å². The quantitative estimate of drug-likeness (QED) is 0.268. The number of halogens is 2. The molecule has 0 aliphatic heterocycles. The van der Waals surface area contributed by atoms with Gasteiger partial charge >= 0.3 is 0 Å². The molecule has 0 heterocycles. The lowest BCUT2D eigenvalue weighted by Crippen LogP contribution is -2.22. The lowest BCUT2D eigenvalue weighted by atomic mass is 10.2. The number of benzene rings is 2. The molecule has 14 heteroatoms. The maximum Gasteiger partial charge on any atom is 0.281 e. The van der Waals surface area contributed by atoms with Crippen molar-refractivity contribution in [3.63, 3.8) is 0 Å². The normalized spacial score (nSPS) is 10.8. The Morgan fingerprint density at radius 3 is 1.21 bits per heavy atom. The molecule has 39 heavy (non-hydrogen) atoms. The highest BCUT2D eigenvalue weighted by Gasteiger charge is 2.15. The predicted molar refractivity (Wildman–Crippen MR) is 144 cm³/mol. The van der Waals surface area contributed by atoms with Crippen molar-refractivity contribution in [3.05, 3.63) is 71.3 Å². The first-order valence-electron chi connectivity index (χ1n) is 12.1. The zero-order valence-electron chi connectivity index (χ0n) is 21.9. The van der Waals surface area contributed by atoms with E-state index in [0.29, 0.717) is 25.9 Å². The number of carbonyl (C=O) groups excluding carboxylic acids is 2. The molecular weight excluding hydrogens is 558 g/mol. The van der Waals surface area contributed by atoms with Crippen LogP contribution in [0.3, 0.4) is 0 Å². The Kier molecular flexibility index (Phi) is 17.7. The van der Waals surface area contributed by atoms with E-state index in [0.717, 1.165) is 36.8 Å². The summed E-state index contributed by atoms with van der Waals surface area (Å²) < 4.78 is 79.4. The van der Waals surface area contributed by atoms with Crippen molar-refractivity contribution in [1.82, 2.24) is 10.6 Å². The van der Waals surface area contributed by atoms with Gasteiger partial charge < -0.3 is 10.6 Å². The van der Waals surface area contributed by atoms with E-state index in [-0.39, 0.29) is 23.4 Å². The van der Waals surface area contributed by atoms with Crippen LogP contribution in [0.4, 0.5) is 8.78 Å². The summed E-state index contributed by atoms with van der Waals surface area (Å²) in [6.45, 7) is 5.05. The van der Waals surface area contributed by atoms with Crippen LogP contribution in [0.5, 0.6) is 0 Å². The zero-order chi connectivity index (χ0) is 29.9. The van der Waals surface area contributed by atoms with Gasteiger partial charge in [-0.1, -0.05) is 51.0 Å². The van der Waals surface area contributed by atoms with Gasteiger partial charge in [-0.25, -0.2) is 8.78 Å². The Morgan fingerprint density at radius 2 is 0.974 bits per heavy atom. The Bertz CT molecular complexity index is 1110. The first-order chi connectivity index (χ1) is 18.1. The van der Waals surface area contributed by atoms with Crippen LogP contribution in [-0.4, -0.2) is 42.8 Å². The third kappa shape index (κ3) is 22.7. The molecule has 2 aromatic rings. The molecule has 2 aromatic carbocycles. The number of carbonyl (C=O) groups is 2. The fraction of sp³-hybridized carbons (Fsp3) is 0.440. The molecular formula is C25H36F2N2O8S2. The summed E-state index contributed by atoms with van der Waals surface area (Å²) in [6, 6.07) is 12.3. The minimum absolute atomic E-state index is 0.0566. The van der Waals surface area contributed by atoms with E-state index in [1.165, 1.54) is 24.3 Å². The van der Waals surface area contributed by atoms with Gasteiger partial charge in [0.15, 0.2) is 0 Å². The lowest BCUT2D eigenvalue weighted by Gasteiger charge is -2.04. The molecule has 4 N–H and O–H groups in total. The molecule has 0 radical (unpaired) electrons. The number of hydrogen-bond acceptors (Lipinski definition) is 6. The first-order valence-corrected chi connectivity index (χ1v) is 15.3. The molecule has 0 fully saturated rings. The number of amides is 2. The number of nitrogens with one attached hydrogen (secondary N) is 2. The molecule has 2 amide bonds. The maximum atomic E-state index is 12.6. The van der Waals surface area contributed by atoms with E-state index in [2.05, 4.69) is 10.6 Å². The highest BCUT2D eigenvalue weighted by atomic mass is 32.3. The molecule has 220 valence electrons. The average Bonchev–Trinajstić information content (AvgIpc) is 2.84. The van der Waals surface area contributed by atoms with E-state index in [9.17, 15) is 35.2 Å². The van der Waals surface area contributed by atoms with E-state index >= 15 is 0 Å². The van der Waals surface area contributed by atoms with Gasteiger partial charge in [0.2, 0.25) is 16.9 Å². The van der Waals surface area contributed by atoms with Crippen LogP contribution in [0.25, 0.3) is 0 Å². The van der Waals surface area contributed by atoms with Crippen molar-refractivity contribution >= 4 is 32.1 Å². The second kappa shape index (κ2) is 19.2. The van der Waals surface area contributed by atoms with Gasteiger partial charge in [0, 0.05) is 25.9 Å². The third-order valence-electron chi connectivity index (χ3n) is 4.62. The minimum Gasteiger partial charge on any atom is -0.352 e. The zero-order valence-corrected chi connectivity index (χ0v) is 23.5. The predicted octanol–water partition coefficient (Wildman–Crippen LogP) is 3.98. The molecule has 0 bridgehead atoms. The van der Waals surface area contributed by atoms with Crippen molar-refractivity contribution < 1.29 is 44.3 Å². The van der Waals surface area contributed by atoms with Gasteiger partial charge in [-0.3, -0.25) is 18.7 Å². The second-order valence-electron chi connectivity index (χ2n) is 8.30. The fourth-order valence-corrected chi connectivity index (χ4v) is 4.15. The third-order valence-corrected chi connectivity index (χ3v) is 7.00.